The second kappa shape index (κ2) is 16.5. The number of carbonyl (C=O) groups is 2. The third-order valence-corrected chi connectivity index (χ3v) is 4.47. The van der Waals surface area contributed by atoms with Crippen LogP contribution in [0, 0.1) is 0 Å². The van der Waals surface area contributed by atoms with Crippen molar-refractivity contribution in [2.75, 3.05) is 0 Å². The number of nitrogens with one attached hydrogen (secondary N) is 1. The van der Waals surface area contributed by atoms with Crippen LogP contribution in [-0.4, -0.2) is 22.9 Å². The maximum absolute atomic E-state index is 11.9. The van der Waals surface area contributed by atoms with Gasteiger partial charge in [-0.1, -0.05) is 93.3 Å². The first kappa shape index (κ1) is 24.6. The fourth-order valence-electron chi connectivity index (χ4n) is 2.74. The van der Waals surface area contributed by atoms with Gasteiger partial charge in [0, 0.05) is 13.0 Å². The Morgan fingerprint density at radius 2 is 1.72 bits per heavy atom. The highest BCUT2D eigenvalue weighted by Crippen LogP contribution is 2.09. The average molecular weight is 398 g/mol. The molecule has 0 unspecified atom stereocenters. The van der Waals surface area contributed by atoms with Gasteiger partial charge in [-0.2, -0.15) is 0 Å². The highest BCUT2D eigenvalue weighted by molar-refractivity contribution is 5.89. The minimum atomic E-state index is -0.971. The van der Waals surface area contributed by atoms with E-state index in [0.717, 1.165) is 44.1 Å². The molecule has 0 aliphatic rings. The van der Waals surface area contributed by atoms with Crippen molar-refractivity contribution in [2.45, 2.75) is 70.9 Å². The van der Waals surface area contributed by atoms with Crippen molar-refractivity contribution in [3.63, 3.8) is 0 Å². The van der Waals surface area contributed by atoms with Crippen molar-refractivity contribution in [2.24, 2.45) is 0 Å². The second-order valence-corrected chi connectivity index (χ2v) is 7.10. The molecule has 0 saturated carbocycles. The first-order chi connectivity index (χ1) is 14.1. The molecule has 0 radical (unpaired) electrons. The first-order valence-corrected chi connectivity index (χ1v) is 10.7. The molecule has 0 aromatic heterocycles. The van der Waals surface area contributed by atoms with Crippen molar-refractivity contribution in [1.29, 1.82) is 0 Å². The van der Waals surface area contributed by atoms with E-state index in [9.17, 15) is 14.7 Å². The van der Waals surface area contributed by atoms with Crippen LogP contribution in [-0.2, 0) is 16.1 Å². The minimum absolute atomic E-state index is 0.132. The van der Waals surface area contributed by atoms with E-state index in [2.05, 4.69) is 18.3 Å². The van der Waals surface area contributed by atoms with E-state index in [-0.39, 0.29) is 11.7 Å². The quantitative estimate of drug-likeness (QED) is 0.247. The number of allylic oxidation sites excluding steroid dienone is 6. The van der Waals surface area contributed by atoms with Gasteiger partial charge in [0.25, 0.3) is 0 Å². The van der Waals surface area contributed by atoms with E-state index < -0.39 is 6.10 Å². The Morgan fingerprint density at radius 1 is 1.00 bits per heavy atom. The standard InChI is InChI=1S/C25H35NO3/c1-2-3-4-5-6-7-13-18-23(27)19-14-8-9-15-20-24(28)25(29)26-21-22-16-11-10-12-17-22/h4-7,10-13,16-18,24,28H,2-3,8-9,14-15,19-21H2,1H3,(H,26,29)/t24-/m1/s1. The van der Waals surface area contributed by atoms with Crippen LogP contribution >= 0.6 is 0 Å². The summed E-state index contributed by atoms with van der Waals surface area (Å²) in [5.74, 6) is -0.195. The Balaban J connectivity index is 2.05. The van der Waals surface area contributed by atoms with Crippen LogP contribution in [0.2, 0.25) is 0 Å². The number of amides is 1. The number of hydrogen-bond donors (Lipinski definition) is 2. The maximum atomic E-state index is 11.9. The molecule has 1 rings (SSSR count). The Labute approximate surface area is 175 Å². The van der Waals surface area contributed by atoms with E-state index >= 15 is 0 Å². The molecule has 0 bridgehead atoms. The van der Waals surface area contributed by atoms with Crippen molar-refractivity contribution >= 4 is 11.7 Å². The third-order valence-electron chi connectivity index (χ3n) is 4.47. The fraction of sp³-hybridized carbons (Fsp3) is 0.440. The summed E-state index contributed by atoms with van der Waals surface area (Å²) in [6.45, 7) is 2.56. The monoisotopic (exact) mass is 397 g/mol. The van der Waals surface area contributed by atoms with Crippen LogP contribution in [0.25, 0.3) is 0 Å². The van der Waals surface area contributed by atoms with Crippen LogP contribution in [0.5, 0.6) is 0 Å². The molecule has 158 valence electrons. The molecule has 1 atom stereocenters. The van der Waals surface area contributed by atoms with E-state index in [1.807, 2.05) is 48.6 Å². The van der Waals surface area contributed by atoms with Gasteiger partial charge in [0.05, 0.1) is 0 Å². The molecule has 1 aromatic carbocycles. The summed E-state index contributed by atoms with van der Waals surface area (Å²) in [5, 5.41) is 12.7. The lowest BCUT2D eigenvalue weighted by atomic mass is 10.1. The molecule has 0 aliphatic heterocycles. The molecule has 0 fully saturated rings. The number of unbranched alkanes of at least 4 members (excludes halogenated alkanes) is 4. The summed E-state index contributed by atoms with van der Waals surface area (Å²) in [6, 6.07) is 9.63. The van der Waals surface area contributed by atoms with Gasteiger partial charge >= 0.3 is 0 Å². The average Bonchev–Trinajstić information content (AvgIpc) is 2.74. The maximum Gasteiger partial charge on any atom is 0.249 e. The zero-order chi connectivity index (χ0) is 21.2. The topological polar surface area (TPSA) is 66.4 Å². The molecule has 4 nitrogen and oxygen atoms in total. The summed E-state index contributed by atoms with van der Waals surface area (Å²) in [5.41, 5.74) is 1.01. The molecule has 0 saturated heterocycles. The Hall–Kier alpha value is -2.46. The number of rotatable bonds is 15. The molecule has 1 aromatic rings. The Kier molecular flexibility index (Phi) is 14.0. The summed E-state index contributed by atoms with van der Waals surface area (Å²) < 4.78 is 0. The number of benzene rings is 1. The molecule has 29 heavy (non-hydrogen) atoms. The van der Waals surface area contributed by atoms with E-state index in [4.69, 9.17) is 0 Å². The smallest absolute Gasteiger partial charge is 0.249 e. The molecular formula is C25H35NO3. The lowest BCUT2D eigenvalue weighted by Crippen LogP contribution is -2.34. The lowest BCUT2D eigenvalue weighted by Gasteiger charge is -2.11. The van der Waals surface area contributed by atoms with Gasteiger partial charge in [0.1, 0.15) is 6.10 Å². The molecule has 0 spiro atoms. The summed E-state index contributed by atoms with van der Waals surface area (Å²) in [6.07, 6.45) is 17.0. The SMILES string of the molecule is CCCC=CC=CC=CC(=O)CCCCCC[C@@H](O)C(=O)NCc1ccccc1. The Morgan fingerprint density at radius 3 is 2.48 bits per heavy atom. The van der Waals surface area contributed by atoms with Crippen LogP contribution in [0.4, 0.5) is 0 Å². The van der Waals surface area contributed by atoms with Crippen molar-refractivity contribution in [3.05, 3.63) is 72.4 Å². The molecular weight excluding hydrogens is 362 g/mol. The van der Waals surface area contributed by atoms with Gasteiger partial charge < -0.3 is 10.4 Å². The zero-order valence-corrected chi connectivity index (χ0v) is 17.6. The van der Waals surface area contributed by atoms with Gasteiger partial charge in [-0.3, -0.25) is 9.59 Å². The number of aliphatic hydroxyl groups is 1. The summed E-state index contributed by atoms with van der Waals surface area (Å²) >= 11 is 0. The predicted molar refractivity (Wildman–Crippen MR) is 119 cm³/mol. The Bertz CT molecular complexity index is 662. The lowest BCUT2D eigenvalue weighted by molar-refractivity contribution is -0.129. The second-order valence-electron chi connectivity index (χ2n) is 7.10. The fourth-order valence-corrected chi connectivity index (χ4v) is 2.74. The van der Waals surface area contributed by atoms with Crippen molar-refractivity contribution in [1.82, 2.24) is 5.32 Å². The van der Waals surface area contributed by atoms with Gasteiger partial charge in [0.15, 0.2) is 5.78 Å². The van der Waals surface area contributed by atoms with E-state index in [0.29, 0.717) is 19.4 Å². The number of ketones is 1. The zero-order valence-electron chi connectivity index (χ0n) is 17.6. The van der Waals surface area contributed by atoms with Crippen LogP contribution in [0.1, 0.15) is 63.9 Å². The van der Waals surface area contributed by atoms with Crippen LogP contribution in [0.3, 0.4) is 0 Å². The predicted octanol–water partition coefficient (Wildman–Crippen LogP) is 5.04. The van der Waals surface area contributed by atoms with Gasteiger partial charge in [0.2, 0.25) is 5.91 Å². The molecule has 1 amide bonds. The van der Waals surface area contributed by atoms with Crippen LogP contribution in [0.15, 0.2) is 66.8 Å². The van der Waals surface area contributed by atoms with E-state index in [1.54, 1.807) is 12.2 Å². The minimum Gasteiger partial charge on any atom is -0.383 e. The molecule has 0 aliphatic carbocycles. The molecule has 2 N–H and O–H groups in total. The molecule has 0 heterocycles. The highest BCUT2D eigenvalue weighted by atomic mass is 16.3. The van der Waals surface area contributed by atoms with E-state index in [1.165, 1.54) is 0 Å². The van der Waals surface area contributed by atoms with Crippen molar-refractivity contribution < 1.29 is 14.7 Å². The number of carbonyl (C=O) groups excluding carboxylic acids is 2. The van der Waals surface area contributed by atoms with Gasteiger partial charge in [-0.25, -0.2) is 0 Å². The highest BCUT2D eigenvalue weighted by Gasteiger charge is 2.13. The molecule has 4 heteroatoms. The van der Waals surface area contributed by atoms with Crippen LogP contribution < -0.4 is 5.32 Å². The summed E-state index contributed by atoms with van der Waals surface area (Å²) in [4.78, 5) is 23.7. The third kappa shape index (κ3) is 13.4. The van der Waals surface area contributed by atoms with Gasteiger partial charge in [-0.15, -0.1) is 0 Å². The normalized spacial score (nSPS) is 12.8. The summed E-state index contributed by atoms with van der Waals surface area (Å²) in [7, 11) is 0. The number of hydrogen-bond acceptors (Lipinski definition) is 3. The largest absolute Gasteiger partial charge is 0.383 e. The first-order valence-electron chi connectivity index (χ1n) is 10.7. The van der Waals surface area contributed by atoms with Crippen molar-refractivity contribution in [3.8, 4) is 0 Å². The number of aliphatic hydroxyl groups excluding tert-OH is 1. The van der Waals surface area contributed by atoms with Gasteiger partial charge in [-0.05, 0) is 30.9 Å².